The van der Waals surface area contributed by atoms with Gasteiger partial charge in [0.2, 0.25) is 0 Å². The fraction of sp³-hybridized carbons (Fsp3) is 0.409. The van der Waals surface area contributed by atoms with E-state index in [0.717, 1.165) is 44.2 Å². The molecule has 0 atom stereocenters. The van der Waals surface area contributed by atoms with Crippen LogP contribution in [0, 0.1) is 13.8 Å². The zero-order chi connectivity index (χ0) is 19.2. The Balaban J connectivity index is 1.43. The molecule has 2 aromatic carbocycles. The van der Waals surface area contributed by atoms with E-state index in [1.165, 1.54) is 21.6 Å². The van der Waals surface area contributed by atoms with E-state index in [2.05, 4.69) is 26.0 Å². The fourth-order valence-corrected chi connectivity index (χ4v) is 3.32. The summed E-state index contributed by atoms with van der Waals surface area (Å²) in [6.45, 7) is 8.68. The summed E-state index contributed by atoms with van der Waals surface area (Å²) in [6.07, 6.45) is 0. The topological polar surface area (TPSA) is 43.2 Å². The average molecular weight is 369 g/mol. The molecular weight excluding hydrogens is 340 g/mol. The number of ether oxygens (including phenoxy) is 2. The number of amides is 1. The van der Waals surface area contributed by atoms with Crippen molar-refractivity contribution < 1.29 is 19.2 Å². The lowest BCUT2D eigenvalue weighted by Gasteiger charge is -2.32. The largest absolute Gasteiger partial charge is 0.497 e. The number of quaternary nitrogens is 1. The first kappa shape index (κ1) is 19.2. The quantitative estimate of drug-likeness (QED) is 0.842. The van der Waals surface area contributed by atoms with Crippen molar-refractivity contribution in [2.45, 2.75) is 20.4 Å². The molecule has 27 heavy (non-hydrogen) atoms. The second-order valence-electron chi connectivity index (χ2n) is 7.19. The van der Waals surface area contributed by atoms with Crippen molar-refractivity contribution in [3.05, 3.63) is 59.2 Å². The minimum absolute atomic E-state index is 0.0664. The molecule has 2 aromatic rings. The molecule has 0 aliphatic carbocycles. The van der Waals surface area contributed by atoms with Crippen LogP contribution in [0.2, 0.25) is 0 Å². The van der Waals surface area contributed by atoms with Crippen LogP contribution in [0.1, 0.15) is 16.7 Å². The van der Waals surface area contributed by atoms with Gasteiger partial charge in [-0.25, -0.2) is 0 Å². The van der Waals surface area contributed by atoms with Gasteiger partial charge < -0.3 is 19.3 Å². The molecule has 1 aliphatic heterocycles. The zero-order valence-corrected chi connectivity index (χ0v) is 16.5. The van der Waals surface area contributed by atoms with E-state index in [-0.39, 0.29) is 12.5 Å². The van der Waals surface area contributed by atoms with Gasteiger partial charge in [0.25, 0.3) is 5.91 Å². The molecule has 1 N–H and O–H groups in total. The first-order valence-electron chi connectivity index (χ1n) is 9.49. The molecule has 1 saturated heterocycles. The summed E-state index contributed by atoms with van der Waals surface area (Å²) in [6, 6.07) is 14.2. The molecule has 5 heteroatoms. The van der Waals surface area contributed by atoms with Crippen LogP contribution in [0.25, 0.3) is 0 Å². The van der Waals surface area contributed by atoms with Crippen LogP contribution in [-0.2, 0) is 11.3 Å². The number of aryl methyl sites for hydroxylation is 2. The molecule has 1 aliphatic rings. The number of nitrogens with zero attached hydrogens (tertiary/aromatic N) is 1. The van der Waals surface area contributed by atoms with E-state index in [1.807, 2.05) is 35.2 Å². The van der Waals surface area contributed by atoms with Crippen LogP contribution in [0.4, 0.5) is 0 Å². The smallest absolute Gasteiger partial charge is 0.260 e. The van der Waals surface area contributed by atoms with Gasteiger partial charge in [-0.1, -0.05) is 6.07 Å². The number of methoxy groups -OCH3 is 1. The number of rotatable bonds is 6. The number of benzene rings is 2. The third kappa shape index (κ3) is 5.23. The SMILES string of the molecule is COc1ccc(C[NH+]2CCN(C(=O)COc3ccc(C)c(C)c3)CC2)cc1. The van der Waals surface area contributed by atoms with E-state index in [0.29, 0.717) is 0 Å². The first-order valence-corrected chi connectivity index (χ1v) is 9.49. The second kappa shape index (κ2) is 8.91. The molecule has 1 heterocycles. The van der Waals surface area contributed by atoms with Gasteiger partial charge in [0.15, 0.2) is 6.61 Å². The summed E-state index contributed by atoms with van der Waals surface area (Å²) in [4.78, 5) is 15.9. The van der Waals surface area contributed by atoms with Crippen LogP contribution >= 0.6 is 0 Å². The molecule has 0 radical (unpaired) electrons. The first-order chi connectivity index (χ1) is 13.0. The van der Waals surface area contributed by atoms with Crippen molar-refractivity contribution in [1.82, 2.24) is 4.90 Å². The highest BCUT2D eigenvalue weighted by Gasteiger charge is 2.24. The van der Waals surface area contributed by atoms with Gasteiger partial charge >= 0.3 is 0 Å². The van der Waals surface area contributed by atoms with Gasteiger partial charge in [-0.15, -0.1) is 0 Å². The molecule has 0 unspecified atom stereocenters. The number of nitrogens with one attached hydrogen (secondary N) is 1. The lowest BCUT2D eigenvalue weighted by atomic mass is 10.1. The van der Waals surface area contributed by atoms with Crippen LogP contribution in [0.3, 0.4) is 0 Å². The van der Waals surface area contributed by atoms with E-state index >= 15 is 0 Å². The van der Waals surface area contributed by atoms with E-state index < -0.39 is 0 Å². The predicted molar refractivity (Wildman–Crippen MR) is 105 cm³/mol. The van der Waals surface area contributed by atoms with Crippen LogP contribution in [0.15, 0.2) is 42.5 Å². The summed E-state index contributed by atoms with van der Waals surface area (Å²) < 4.78 is 10.9. The average Bonchev–Trinajstić information content (AvgIpc) is 2.70. The summed E-state index contributed by atoms with van der Waals surface area (Å²) >= 11 is 0. The molecular formula is C22H29N2O3+. The van der Waals surface area contributed by atoms with Gasteiger partial charge in [-0.05, 0) is 61.4 Å². The number of hydrogen-bond donors (Lipinski definition) is 1. The third-order valence-electron chi connectivity index (χ3n) is 5.28. The van der Waals surface area contributed by atoms with Crippen molar-refractivity contribution in [2.75, 3.05) is 39.9 Å². The summed E-state index contributed by atoms with van der Waals surface area (Å²) in [5, 5.41) is 0. The molecule has 0 aromatic heterocycles. The number of piperazine rings is 1. The van der Waals surface area contributed by atoms with Crippen molar-refractivity contribution in [3.63, 3.8) is 0 Å². The number of carbonyl (C=O) groups excluding carboxylic acids is 1. The van der Waals surface area contributed by atoms with Gasteiger partial charge in [0, 0.05) is 5.56 Å². The molecule has 1 fully saturated rings. The summed E-state index contributed by atoms with van der Waals surface area (Å²) in [5.74, 6) is 1.71. The Morgan fingerprint density at radius 1 is 1.00 bits per heavy atom. The van der Waals surface area contributed by atoms with E-state index in [1.54, 1.807) is 7.11 Å². The Hall–Kier alpha value is -2.53. The maximum Gasteiger partial charge on any atom is 0.260 e. The number of carbonyl (C=O) groups is 1. The van der Waals surface area contributed by atoms with Crippen molar-refractivity contribution >= 4 is 5.91 Å². The summed E-state index contributed by atoms with van der Waals surface area (Å²) in [5.41, 5.74) is 3.70. The Morgan fingerprint density at radius 2 is 1.67 bits per heavy atom. The van der Waals surface area contributed by atoms with Gasteiger partial charge in [0.05, 0.1) is 33.3 Å². The van der Waals surface area contributed by atoms with Crippen molar-refractivity contribution in [2.24, 2.45) is 0 Å². The highest BCUT2D eigenvalue weighted by molar-refractivity contribution is 5.77. The maximum atomic E-state index is 12.4. The van der Waals surface area contributed by atoms with Crippen molar-refractivity contribution in [1.29, 1.82) is 0 Å². The molecule has 144 valence electrons. The number of hydrogen-bond acceptors (Lipinski definition) is 3. The fourth-order valence-electron chi connectivity index (χ4n) is 3.32. The molecule has 3 rings (SSSR count). The lowest BCUT2D eigenvalue weighted by molar-refractivity contribution is -0.917. The monoisotopic (exact) mass is 369 g/mol. The highest BCUT2D eigenvalue weighted by atomic mass is 16.5. The normalized spacial score (nSPS) is 14.9. The minimum atomic E-state index is 0.0664. The Kier molecular flexibility index (Phi) is 6.35. The van der Waals surface area contributed by atoms with Crippen LogP contribution in [0.5, 0.6) is 11.5 Å². The lowest BCUT2D eigenvalue weighted by Crippen LogP contribution is -3.13. The molecule has 0 bridgehead atoms. The third-order valence-corrected chi connectivity index (χ3v) is 5.28. The minimum Gasteiger partial charge on any atom is -0.497 e. The highest BCUT2D eigenvalue weighted by Crippen LogP contribution is 2.16. The Labute approximate surface area is 161 Å². The Morgan fingerprint density at radius 3 is 2.30 bits per heavy atom. The van der Waals surface area contributed by atoms with Crippen molar-refractivity contribution in [3.8, 4) is 11.5 Å². The second-order valence-corrected chi connectivity index (χ2v) is 7.19. The Bertz CT molecular complexity index is 766. The predicted octanol–water partition coefficient (Wildman–Crippen LogP) is 1.62. The standard InChI is InChI=1S/C22H28N2O3/c1-17-4-7-21(14-18(17)2)27-16-22(25)24-12-10-23(11-13-24)15-19-5-8-20(26-3)9-6-19/h4-9,14H,10-13,15-16H2,1-3H3/p+1. The molecule has 5 nitrogen and oxygen atoms in total. The van der Waals surface area contributed by atoms with Gasteiger partial charge in [-0.2, -0.15) is 0 Å². The zero-order valence-electron chi connectivity index (χ0n) is 16.5. The van der Waals surface area contributed by atoms with E-state index in [4.69, 9.17) is 9.47 Å². The van der Waals surface area contributed by atoms with Crippen LogP contribution < -0.4 is 14.4 Å². The maximum absolute atomic E-state index is 12.4. The van der Waals surface area contributed by atoms with Crippen LogP contribution in [-0.4, -0.2) is 50.7 Å². The molecule has 0 spiro atoms. The van der Waals surface area contributed by atoms with E-state index in [9.17, 15) is 4.79 Å². The van der Waals surface area contributed by atoms with Gasteiger partial charge in [0.1, 0.15) is 18.0 Å². The molecule has 0 saturated carbocycles. The van der Waals surface area contributed by atoms with Gasteiger partial charge in [-0.3, -0.25) is 4.79 Å². The summed E-state index contributed by atoms with van der Waals surface area (Å²) in [7, 11) is 1.68. The molecule has 1 amide bonds.